The smallest absolute Gasteiger partial charge is 0.276 e. The Bertz CT molecular complexity index is 658. The van der Waals surface area contributed by atoms with Crippen LogP contribution in [0.15, 0.2) is 33.4 Å². The minimum atomic E-state index is -0.0628. The highest BCUT2D eigenvalue weighted by atomic mass is 35.5. The zero-order valence-electron chi connectivity index (χ0n) is 13.4. The summed E-state index contributed by atoms with van der Waals surface area (Å²) in [6.07, 6.45) is 6.31. The lowest BCUT2D eigenvalue weighted by Gasteiger charge is -2.32. The number of nitrogens with one attached hydrogen (secondary N) is 1. The maximum Gasteiger partial charge on any atom is 0.276 e. The van der Waals surface area contributed by atoms with E-state index in [-0.39, 0.29) is 18.3 Å². The highest BCUT2D eigenvalue weighted by Gasteiger charge is 2.27. The molecule has 0 radical (unpaired) electrons. The van der Waals surface area contributed by atoms with Crippen molar-refractivity contribution < 1.29 is 13.7 Å². The highest BCUT2D eigenvalue weighted by molar-refractivity contribution is 5.93. The first-order chi connectivity index (χ1) is 11.3. The number of furan rings is 1. The first-order valence-electron chi connectivity index (χ1n) is 8.33. The minimum absolute atomic E-state index is 0. The van der Waals surface area contributed by atoms with Crippen molar-refractivity contribution in [2.75, 3.05) is 19.6 Å². The molecule has 1 saturated heterocycles. The number of rotatable bonds is 5. The number of halogens is 1. The van der Waals surface area contributed by atoms with Crippen molar-refractivity contribution in [2.45, 2.75) is 31.7 Å². The van der Waals surface area contributed by atoms with Crippen molar-refractivity contribution in [3.05, 3.63) is 30.2 Å². The monoisotopic (exact) mass is 351 g/mol. The molecule has 1 aliphatic carbocycles. The summed E-state index contributed by atoms with van der Waals surface area (Å²) < 4.78 is 10.5. The SMILES string of the molecule is Cl.O=C(c1cc(-c2ccco2)on1)N1CCC(NCC2CC2)CC1. The molecule has 0 bridgehead atoms. The summed E-state index contributed by atoms with van der Waals surface area (Å²) >= 11 is 0. The fraction of sp³-hybridized carbons (Fsp3) is 0.529. The number of aromatic nitrogens is 1. The first kappa shape index (κ1) is 17.0. The number of likely N-dealkylation sites (tertiary alicyclic amines) is 1. The zero-order valence-corrected chi connectivity index (χ0v) is 14.3. The molecule has 2 aliphatic rings. The molecule has 0 atom stereocenters. The average molecular weight is 352 g/mol. The second-order valence-electron chi connectivity index (χ2n) is 6.47. The Hall–Kier alpha value is -1.79. The molecular formula is C17H22ClN3O3. The van der Waals surface area contributed by atoms with Crippen molar-refractivity contribution in [2.24, 2.45) is 5.92 Å². The van der Waals surface area contributed by atoms with Gasteiger partial charge in [-0.2, -0.15) is 0 Å². The fourth-order valence-electron chi connectivity index (χ4n) is 3.01. The van der Waals surface area contributed by atoms with Gasteiger partial charge in [0.1, 0.15) is 0 Å². The average Bonchev–Trinajstić information content (AvgIpc) is 3.04. The lowest BCUT2D eigenvalue weighted by atomic mass is 10.0. The van der Waals surface area contributed by atoms with Crippen molar-refractivity contribution in [1.29, 1.82) is 0 Å². The van der Waals surface area contributed by atoms with Crippen molar-refractivity contribution in [1.82, 2.24) is 15.4 Å². The van der Waals surface area contributed by atoms with E-state index in [1.807, 2.05) is 4.90 Å². The maximum absolute atomic E-state index is 12.5. The molecule has 2 aromatic heterocycles. The van der Waals surface area contributed by atoms with E-state index >= 15 is 0 Å². The van der Waals surface area contributed by atoms with Crippen LogP contribution in [-0.4, -0.2) is 41.6 Å². The molecule has 3 heterocycles. The predicted octanol–water partition coefficient (Wildman–Crippen LogP) is 2.96. The van der Waals surface area contributed by atoms with Gasteiger partial charge in [-0.1, -0.05) is 5.16 Å². The number of amides is 1. The number of carbonyl (C=O) groups is 1. The Morgan fingerprint density at radius 3 is 2.71 bits per heavy atom. The Kier molecular flexibility index (Phi) is 5.26. The van der Waals surface area contributed by atoms with Gasteiger partial charge in [-0.3, -0.25) is 4.79 Å². The van der Waals surface area contributed by atoms with Gasteiger partial charge in [-0.05, 0) is 50.3 Å². The molecule has 1 N–H and O–H groups in total. The molecule has 0 spiro atoms. The molecule has 1 amide bonds. The molecule has 2 fully saturated rings. The summed E-state index contributed by atoms with van der Waals surface area (Å²) in [5.41, 5.74) is 0.348. The quantitative estimate of drug-likeness (QED) is 0.896. The van der Waals surface area contributed by atoms with E-state index < -0.39 is 0 Å². The Balaban J connectivity index is 0.00000169. The molecule has 1 aliphatic heterocycles. The van der Waals surface area contributed by atoms with Crippen LogP contribution in [0.3, 0.4) is 0 Å². The Labute approximate surface area is 147 Å². The molecule has 6 nitrogen and oxygen atoms in total. The molecule has 0 unspecified atom stereocenters. The van der Waals surface area contributed by atoms with Crippen molar-refractivity contribution in [3.8, 4) is 11.5 Å². The predicted molar refractivity (Wildman–Crippen MR) is 91.1 cm³/mol. The van der Waals surface area contributed by atoms with Crippen LogP contribution in [0, 0.1) is 5.92 Å². The Morgan fingerprint density at radius 2 is 2.04 bits per heavy atom. The summed E-state index contributed by atoms with van der Waals surface area (Å²) in [6, 6.07) is 5.75. The van der Waals surface area contributed by atoms with Crippen LogP contribution in [0.1, 0.15) is 36.2 Å². The second-order valence-corrected chi connectivity index (χ2v) is 6.47. The third-order valence-electron chi connectivity index (χ3n) is 4.67. The molecule has 7 heteroatoms. The van der Waals surface area contributed by atoms with Gasteiger partial charge in [0, 0.05) is 25.2 Å². The normalized spacial score (nSPS) is 18.4. The van der Waals surface area contributed by atoms with Crippen LogP contribution in [0.25, 0.3) is 11.5 Å². The highest BCUT2D eigenvalue weighted by Crippen LogP contribution is 2.28. The Morgan fingerprint density at radius 1 is 1.25 bits per heavy atom. The lowest BCUT2D eigenvalue weighted by Crippen LogP contribution is -2.45. The van der Waals surface area contributed by atoms with E-state index in [0.29, 0.717) is 23.3 Å². The van der Waals surface area contributed by atoms with Gasteiger partial charge in [-0.25, -0.2) is 0 Å². The van der Waals surface area contributed by atoms with E-state index in [1.54, 1.807) is 24.5 Å². The molecule has 0 aromatic carbocycles. The van der Waals surface area contributed by atoms with Gasteiger partial charge < -0.3 is 19.2 Å². The first-order valence-corrected chi connectivity index (χ1v) is 8.33. The fourth-order valence-corrected chi connectivity index (χ4v) is 3.01. The van der Waals surface area contributed by atoms with Crippen LogP contribution < -0.4 is 5.32 Å². The van der Waals surface area contributed by atoms with Crippen LogP contribution in [0.2, 0.25) is 0 Å². The molecule has 130 valence electrons. The summed E-state index contributed by atoms with van der Waals surface area (Å²) in [5, 5.41) is 7.51. The van der Waals surface area contributed by atoms with Crippen molar-refractivity contribution in [3.63, 3.8) is 0 Å². The van der Waals surface area contributed by atoms with Crippen LogP contribution >= 0.6 is 12.4 Å². The van der Waals surface area contributed by atoms with Crippen molar-refractivity contribution >= 4 is 18.3 Å². The summed E-state index contributed by atoms with van der Waals surface area (Å²) in [6.45, 7) is 2.67. The number of carbonyl (C=O) groups excluding carboxylic acids is 1. The van der Waals surface area contributed by atoms with Gasteiger partial charge in [0.25, 0.3) is 5.91 Å². The number of piperidine rings is 1. The second kappa shape index (κ2) is 7.40. The molecule has 4 rings (SSSR count). The van der Waals surface area contributed by atoms with E-state index in [9.17, 15) is 4.79 Å². The number of hydrogen-bond acceptors (Lipinski definition) is 5. The van der Waals surface area contributed by atoms with E-state index in [0.717, 1.165) is 38.4 Å². The molecule has 1 saturated carbocycles. The minimum Gasteiger partial charge on any atom is -0.461 e. The zero-order chi connectivity index (χ0) is 15.6. The summed E-state index contributed by atoms with van der Waals surface area (Å²) in [7, 11) is 0. The summed E-state index contributed by atoms with van der Waals surface area (Å²) in [4.78, 5) is 14.4. The molecular weight excluding hydrogens is 330 g/mol. The van der Waals surface area contributed by atoms with Gasteiger partial charge in [0.2, 0.25) is 5.76 Å². The van der Waals surface area contributed by atoms with E-state index in [4.69, 9.17) is 8.94 Å². The van der Waals surface area contributed by atoms with Gasteiger partial charge in [0.15, 0.2) is 11.5 Å². The standard InChI is InChI=1S/C17H21N3O3.ClH/c21-17(14-10-16(23-19-14)15-2-1-9-22-15)20-7-5-13(6-8-20)18-11-12-3-4-12;/h1-2,9-10,12-13,18H,3-8,11H2;1H. The molecule has 2 aromatic rings. The largest absolute Gasteiger partial charge is 0.461 e. The van der Waals surface area contributed by atoms with Crippen LogP contribution in [-0.2, 0) is 0 Å². The van der Waals surface area contributed by atoms with Crippen LogP contribution in [0.5, 0.6) is 0 Å². The van der Waals surface area contributed by atoms with E-state index in [2.05, 4.69) is 10.5 Å². The third-order valence-corrected chi connectivity index (χ3v) is 4.67. The third kappa shape index (κ3) is 3.82. The maximum atomic E-state index is 12.5. The number of nitrogens with zero attached hydrogens (tertiary/aromatic N) is 2. The van der Waals surface area contributed by atoms with Gasteiger partial charge in [0.05, 0.1) is 6.26 Å². The van der Waals surface area contributed by atoms with Gasteiger partial charge >= 0.3 is 0 Å². The van der Waals surface area contributed by atoms with Gasteiger partial charge in [-0.15, -0.1) is 12.4 Å². The summed E-state index contributed by atoms with van der Waals surface area (Å²) in [5.74, 6) is 1.90. The van der Waals surface area contributed by atoms with E-state index in [1.165, 1.54) is 12.8 Å². The molecule has 24 heavy (non-hydrogen) atoms. The number of hydrogen-bond donors (Lipinski definition) is 1. The van der Waals surface area contributed by atoms with Crippen LogP contribution in [0.4, 0.5) is 0 Å². The topological polar surface area (TPSA) is 71.5 Å². The lowest BCUT2D eigenvalue weighted by molar-refractivity contribution is 0.0694.